The molecule has 11 heteroatoms. The van der Waals surface area contributed by atoms with Gasteiger partial charge in [0, 0.05) is 0 Å². The Bertz CT molecular complexity index is 1100. The van der Waals surface area contributed by atoms with E-state index in [9.17, 15) is 21.6 Å². The van der Waals surface area contributed by atoms with E-state index in [-0.39, 0.29) is 9.79 Å². The minimum atomic E-state index is -4.34. The quantitative estimate of drug-likeness (QED) is 0.662. The van der Waals surface area contributed by atoms with Crippen LogP contribution in [0, 0.1) is 0 Å². The Morgan fingerprint density at radius 3 is 1.73 bits per heavy atom. The van der Waals surface area contributed by atoms with Crippen LogP contribution in [0.5, 0.6) is 0 Å². The molecule has 136 valence electrons. The number of carbonyl (C=O) groups is 1. The summed E-state index contributed by atoms with van der Waals surface area (Å²) in [6, 6.07) is 9.05. The van der Waals surface area contributed by atoms with Crippen molar-refractivity contribution in [3.05, 3.63) is 59.7 Å². The lowest BCUT2D eigenvalue weighted by Gasteiger charge is -2.14. The van der Waals surface area contributed by atoms with Crippen LogP contribution in [0.25, 0.3) is 0 Å². The summed E-state index contributed by atoms with van der Waals surface area (Å²) in [5, 5.41) is 2.60. The molecule has 2 aromatic rings. The van der Waals surface area contributed by atoms with E-state index < -0.39 is 32.3 Å². The van der Waals surface area contributed by atoms with Gasteiger partial charge in [0.15, 0.2) is 0 Å². The predicted octanol–water partition coefficient (Wildman–Crippen LogP) is 1.43. The molecular weight excluding hydrogens is 384 g/mol. The minimum Gasteiger partial charge on any atom is -0.324 e. The van der Waals surface area contributed by atoms with Crippen molar-refractivity contribution in [1.82, 2.24) is 5.32 Å². The van der Waals surface area contributed by atoms with Gasteiger partial charge in [0.2, 0.25) is 0 Å². The van der Waals surface area contributed by atoms with Crippen molar-refractivity contribution in [3.63, 3.8) is 0 Å². The summed E-state index contributed by atoms with van der Waals surface area (Å²) in [5.74, 6) is 0. The summed E-state index contributed by atoms with van der Waals surface area (Å²) in [6.45, 7) is 0. The third-order valence-corrected chi connectivity index (χ3v) is 5.46. The van der Waals surface area contributed by atoms with Gasteiger partial charge in [-0.1, -0.05) is 24.3 Å². The Kier molecular flexibility index (Phi) is 4.40. The van der Waals surface area contributed by atoms with Gasteiger partial charge in [0.25, 0.3) is 20.2 Å². The van der Waals surface area contributed by atoms with Crippen LogP contribution in [0.3, 0.4) is 0 Å². The van der Waals surface area contributed by atoms with E-state index in [1.54, 1.807) is 0 Å². The van der Waals surface area contributed by atoms with E-state index in [1.807, 2.05) is 0 Å². The molecule has 3 rings (SSSR count). The molecule has 0 saturated heterocycles. The topological polar surface area (TPSA) is 150 Å². The van der Waals surface area contributed by atoms with Crippen molar-refractivity contribution in [1.29, 1.82) is 0 Å². The first-order valence-electron chi connectivity index (χ1n) is 7.10. The smallest absolute Gasteiger partial charge is 0.324 e. The van der Waals surface area contributed by atoms with E-state index in [0.717, 1.165) is 0 Å². The molecule has 1 unspecified atom stereocenters. The lowest BCUT2D eigenvalue weighted by molar-refractivity contribution is 0.250. The molecule has 0 radical (unpaired) electrons. The summed E-state index contributed by atoms with van der Waals surface area (Å²) in [7, 11) is -8.68. The minimum absolute atomic E-state index is 0.290. The van der Waals surface area contributed by atoms with Gasteiger partial charge in [-0.05, 0) is 35.4 Å². The molecule has 26 heavy (non-hydrogen) atoms. The molecule has 1 aliphatic heterocycles. The van der Waals surface area contributed by atoms with Crippen molar-refractivity contribution in [2.45, 2.75) is 15.8 Å². The summed E-state index contributed by atoms with van der Waals surface area (Å²) < 4.78 is 62.5. The standard InChI is InChI=1S/C15H12N2O7S2/c18-15-16-13(9-1-5-11(6-2-9)25(19,20)21)14(17-15)10-3-7-12(8-4-10)26(22,23)24/h1-8,13H,(H,16,18)(H,19,20,21)(H,22,23,24). The Morgan fingerprint density at radius 2 is 1.27 bits per heavy atom. The molecule has 9 nitrogen and oxygen atoms in total. The van der Waals surface area contributed by atoms with Gasteiger partial charge >= 0.3 is 6.03 Å². The lowest BCUT2D eigenvalue weighted by atomic mass is 9.97. The fourth-order valence-electron chi connectivity index (χ4n) is 2.50. The third-order valence-electron chi connectivity index (χ3n) is 3.72. The van der Waals surface area contributed by atoms with E-state index in [1.165, 1.54) is 48.5 Å². The number of benzene rings is 2. The highest BCUT2D eigenvalue weighted by molar-refractivity contribution is 7.86. The molecular formula is C15H12N2O7S2. The molecule has 1 atom stereocenters. The van der Waals surface area contributed by atoms with E-state index in [2.05, 4.69) is 10.3 Å². The average Bonchev–Trinajstić information content (AvgIpc) is 2.95. The van der Waals surface area contributed by atoms with Crippen LogP contribution in [-0.4, -0.2) is 37.7 Å². The molecule has 2 amide bonds. The van der Waals surface area contributed by atoms with Crippen LogP contribution in [0.4, 0.5) is 4.79 Å². The van der Waals surface area contributed by atoms with Crippen molar-refractivity contribution in [3.8, 4) is 0 Å². The SMILES string of the molecule is O=C1N=C(c2ccc(S(=O)(=O)O)cc2)C(c2ccc(S(=O)(=O)O)cc2)N1. The van der Waals surface area contributed by atoms with Crippen LogP contribution < -0.4 is 5.32 Å². The first-order chi connectivity index (χ1) is 12.1. The molecule has 0 saturated carbocycles. The normalized spacial score (nSPS) is 17.7. The Balaban J connectivity index is 1.96. The van der Waals surface area contributed by atoms with Crippen molar-refractivity contribution in [2.24, 2.45) is 4.99 Å². The maximum absolute atomic E-state index is 11.7. The predicted molar refractivity (Wildman–Crippen MR) is 90.3 cm³/mol. The number of nitrogens with zero attached hydrogens (tertiary/aromatic N) is 1. The molecule has 0 aromatic heterocycles. The average molecular weight is 396 g/mol. The Labute approximate surface area is 148 Å². The fourth-order valence-corrected chi connectivity index (χ4v) is 3.46. The summed E-state index contributed by atoms with van der Waals surface area (Å²) in [4.78, 5) is 15.0. The van der Waals surface area contributed by atoms with Crippen LogP contribution in [-0.2, 0) is 20.2 Å². The summed E-state index contributed by atoms with van der Waals surface area (Å²) in [5.41, 5.74) is 1.26. The number of nitrogens with one attached hydrogen (secondary N) is 1. The molecule has 1 heterocycles. The highest BCUT2D eigenvalue weighted by atomic mass is 32.2. The first kappa shape index (κ1) is 18.2. The van der Waals surface area contributed by atoms with E-state index >= 15 is 0 Å². The van der Waals surface area contributed by atoms with Crippen LogP contribution in [0.1, 0.15) is 17.2 Å². The lowest BCUT2D eigenvalue weighted by Crippen LogP contribution is -2.24. The third kappa shape index (κ3) is 3.65. The van der Waals surface area contributed by atoms with Gasteiger partial charge in [-0.3, -0.25) is 9.11 Å². The largest absolute Gasteiger partial charge is 0.342 e. The number of rotatable bonds is 4. The molecule has 3 N–H and O–H groups in total. The van der Waals surface area contributed by atoms with Gasteiger partial charge < -0.3 is 5.32 Å². The van der Waals surface area contributed by atoms with E-state index in [4.69, 9.17) is 9.11 Å². The number of hydrogen-bond acceptors (Lipinski definition) is 5. The highest BCUT2D eigenvalue weighted by Crippen LogP contribution is 2.25. The zero-order valence-corrected chi connectivity index (χ0v) is 14.5. The molecule has 0 aliphatic carbocycles. The van der Waals surface area contributed by atoms with Crippen molar-refractivity contribution < 1.29 is 30.7 Å². The second-order valence-corrected chi connectivity index (χ2v) is 8.27. The zero-order valence-electron chi connectivity index (χ0n) is 12.9. The van der Waals surface area contributed by atoms with E-state index in [0.29, 0.717) is 16.8 Å². The number of aliphatic imine (C=N–C) groups is 1. The Hall–Kier alpha value is -2.60. The first-order valence-corrected chi connectivity index (χ1v) is 9.98. The Morgan fingerprint density at radius 1 is 0.808 bits per heavy atom. The number of urea groups is 1. The van der Waals surface area contributed by atoms with Gasteiger partial charge in [-0.2, -0.15) is 21.8 Å². The summed E-state index contributed by atoms with van der Waals surface area (Å²) in [6.07, 6.45) is 0. The fraction of sp³-hybridized carbons (Fsp3) is 0.0667. The highest BCUT2D eigenvalue weighted by Gasteiger charge is 2.29. The second-order valence-electron chi connectivity index (χ2n) is 5.42. The monoisotopic (exact) mass is 396 g/mol. The molecule has 2 aromatic carbocycles. The summed E-state index contributed by atoms with van der Waals surface area (Å²) >= 11 is 0. The van der Waals surface area contributed by atoms with Crippen LogP contribution >= 0.6 is 0 Å². The van der Waals surface area contributed by atoms with Gasteiger partial charge in [-0.25, -0.2) is 4.79 Å². The number of carbonyl (C=O) groups excluding carboxylic acids is 1. The molecule has 0 fully saturated rings. The molecule has 0 bridgehead atoms. The molecule has 0 spiro atoms. The van der Waals surface area contributed by atoms with Crippen LogP contribution in [0.2, 0.25) is 0 Å². The van der Waals surface area contributed by atoms with Gasteiger partial charge in [-0.15, -0.1) is 0 Å². The van der Waals surface area contributed by atoms with Gasteiger partial charge in [0.05, 0.1) is 21.5 Å². The second kappa shape index (κ2) is 6.29. The number of amides is 2. The van der Waals surface area contributed by atoms with Crippen molar-refractivity contribution in [2.75, 3.05) is 0 Å². The van der Waals surface area contributed by atoms with Crippen LogP contribution in [0.15, 0.2) is 63.3 Å². The zero-order chi connectivity index (χ0) is 19.1. The maximum atomic E-state index is 11.7. The molecule has 1 aliphatic rings. The van der Waals surface area contributed by atoms with Gasteiger partial charge in [0.1, 0.15) is 0 Å². The van der Waals surface area contributed by atoms with Crippen molar-refractivity contribution >= 4 is 32.0 Å². The maximum Gasteiger partial charge on any atom is 0.342 e. The number of hydrogen-bond donors (Lipinski definition) is 3.